The van der Waals surface area contributed by atoms with Crippen LogP contribution in [0.1, 0.15) is 147 Å². The van der Waals surface area contributed by atoms with E-state index in [1.54, 1.807) is 0 Å². The largest absolute Gasteiger partial charge is 0.490 e. The molecule has 1 aromatic heterocycles. The zero-order valence-electron chi connectivity index (χ0n) is 30.5. The Morgan fingerprint density at radius 2 is 1.27 bits per heavy atom. The first-order valence-electron chi connectivity index (χ1n) is 18.6. The van der Waals surface area contributed by atoms with E-state index in [1.165, 1.54) is 88.3 Å². The van der Waals surface area contributed by atoms with Gasteiger partial charge in [0, 0.05) is 11.8 Å². The number of aromatic nitrogens is 2. The van der Waals surface area contributed by atoms with Gasteiger partial charge in [0.05, 0.1) is 25.9 Å². The van der Waals surface area contributed by atoms with Gasteiger partial charge in [-0.15, -0.1) is 0 Å². The lowest BCUT2D eigenvalue weighted by Crippen LogP contribution is -2.33. The van der Waals surface area contributed by atoms with E-state index in [2.05, 4.69) is 16.2 Å². The first-order valence-corrected chi connectivity index (χ1v) is 23.0. The van der Waals surface area contributed by atoms with Crippen LogP contribution in [-0.2, 0) is 40.6 Å². The molecule has 0 aromatic carbocycles. The van der Waals surface area contributed by atoms with Crippen LogP contribution in [0.5, 0.6) is 0 Å². The second-order valence-corrected chi connectivity index (χ2v) is 17.9. The fourth-order valence-corrected chi connectivity index (χ4v) is 9.76. The minimum atomic E-state index is -5.52. The van der Waals surface area contributed by atoms with Crippen molar-refractivity contribution in [3.05, 3.63) is 32.6 Å². The van der Waals surface area contributed by atoms with Crippen LogP contribution in [0.25, 0.3) is 0 Å². The van der Waals surface area contributed by atoms with Crippen LogP contribution in [0.2, 0.25) is 0 Å². The van der Waals surface area contributed by atoms with Crippen molar-refractivity contribution in [3.8, 4) is 0 Å². The molecule has 298 valence electrons. The van der Waals surface area contributed by atoms with Gasteiger partial charge in [0.25, 0.3) is 5.56 Å². The number of nitrogens with one attached hydrogen (secondary N) is 1. The van der Waals surface area contributed by atoms with Crippen molar-refractivity contribution in [1.82, 2.24) is 9.55 Å². The van der Waals surface area contributed by atoms with Gasteiger partial charge in [-0.3, -0.25) is 27.9 Å². The topological polar surface area (TPSA) is 228 Å². The lowest BCUT2D eigenvalue weighted by molar-refractivity contribution is -0.0244. The van der Waals surface area contributed by atoms with Crippen molar-refractivity contribution in [1.29, 1.82) is 0 Å². The van der Waals surface area contributed by atoms with Crippen LogP contribution >= 0.6 is 23.5 Å². The van der Waals surface area contributed by atoms with Crippen molar-refractivity contribution >= 4 is 23.5 Å². The lowest BCUT2D eigenvalue weighted by Gasteiger charge is -2.22. The van der Waals surface area contributed by atoms with Gasteiger partial charge in [-0.25, -0.2) is 18.5 Å². The Morgan fingerprint density at radius 1 is 0.765 bits per heavy atom. The molecular formula is C32H62N3O13P3. The highest BCUT2D eigenvalue weighted by atomic mass is 31.3. The highest BCUT2D eigenvalue weighted by molar-refractivity contribution is 7.67. The van der Waals surface area contributed by atoms with Crippen molar-refractivity contribution in [2.45, 2.75) is 155 Å². The number of aromatic amines is 1. The summed E-state index contributed by atoms with van der Waals surface area (Å²) >= 11 is 0. The van der Waals surface area contributed by atoms with E-state index in [0.29, 0.717) is 44.2 Å². The quantitative estimate of drug-likeness (QED) is 0.0414. The Hall–Kier alpha value is -0.990. The summed E-state index contributed by atoms with van der Waals surface area (Å²) in [4.78, 5) is 46.4. The number of unbranched alkanes of at least 4 members (excludes halogenated alkanes) is 16. The molecule has 0 bridgehead atoms. The standard InChI is InChI=1S/C32H62N3O13P3/c1-3-4-5-6-7-8-9-10-11-12-13-14-15-16-17-19-24-43-51(42,44-25-20-18-23-33)48-50(40,41)47-49(38,39)45-27-29-21-22-30(46-29)35-26-28(2)31(36)34-32(35)37/h26,29-30H,3-25,27,33H2,1-2H3,(H,38,39)(H,40,41)(H,34,36,37)/t29-,30+,51?/m0/s1. The predicted octanol–water partition coefficient (Wildman–Crippen LogP) is 7.91. The molecule has 1 fully saturated rings. The summed E-state index contributed by atoms with van der Waals surface area (Å²) in [7, 11) is -15.5. The van der Waals surface area contributed by atoms with Gasteiger partial charge in [-0.2, -0.15) is 8.62 Å². The number of phosphoric acid groups is 3. The van der Waals surface area contributed by atoms with Crippen LogP contribution < -0.4 is 17.0 Å². The molecule has 2 rings (SSSR count). The summed E-state index contributed by atoms with van der Waals surface area (Å²) in [5.74, 6) is 0. The zero-order valence-corrected chi connectivity index (χ0v) is 33.1. The van der Waals surface area contributed by atoms with Crippen molar-refractivity contribution in [2.24, 2.45) is 5.73 Å². The van der Waals surface area contributed by atoms with Crippen molar-refractivity contribution in [3.63, 3.8) is 0 Å². The van der Waals surface area contributed by atoms with Gasteiger partial charge in [0.1, 0.15) is 6.23 Å². The van der Waals surface area contributed by atoms with Crippen LogP contribution in [0.4, 0.5) is 0 Å². The second kappa shape index (κ2) is 25.2. The number of aryl methyl sites for hydroxylation is 1. The summed E-state index contributed by atoms with van der Waals surface area (Å²) in [5.41, 5.74) is 4.56. The molecule has 1 aliphatic heterocycles. The summed E-state index contributed by atoms with van der Waals surface area (Å²) in [5, 5.41) is 0. The molecule has 5 N–H and O–H groups in total. The third kappa shape index (κ3) is 20.3. The zero-order chi connectivity index (χ0) is 37.6. The Bertz CT molecular complexity index is 1380. The van der Waals surface area contributed by atoms with E-state index in [-0.39, 0.29) is 13.2 Å². The molecule has 0 spiro atoms. The number of ether oxygens (including phenoxy) is 1. The molecule has 0 radical (unpaired) electrons. The molecule has 16 nitrogen and oxygen atoms in total. The molecule has 19 heteroatoms. The van der Waals surface area contributed by atoms with E-state index < -0.39 is 53.7 Å². The van der Waals surface area contributed by atoms with Gasteiger partial charge in [0.2, 0.25) is 0 Å². The van der Waals surface area contributed by atoms with Crippen LogP contribution in [0, 0.1) is 6.92 Å². The Balaban J connectivity index is 1.71. The van der Waals surface area contributed by atoms with Gasteiger partial charge < -0.3 is 20.3 Å². The Kier molecular flexibility index (Phi) is 22.8. The molecule has 0 amide bonds. The van der Waals surface area contributed by atoms with Crippen molar-refractivity contribution < 1.29 is 50.4 Å². The fourth-order valence-electron chi connectivity index (χ4n) is 5.62. The van der Waals surface area contributed by atoms with Gasteiger partial charge >= 0.3 is 29.2 Å². The van der Waals surface area contributed by atoms with E-state index in [9.17, 15) is 33.1 Å². The first kappa shape index (κ1) is 46.2. The lowest BCUT2D eigenvalue weighted by atomic mass is 10.0. The fraction of sp³-hybridized carbons (Fsp3) is 0.875. The molecule has 3 unspecified atom stereocenters. The Labute approximate surface area is 302 Å². The smallest absolute Gasteiger partial charge is 0.352 e. The number of rotatable bonds is 31. The Morgan fingerprint density at radius 3 is 1.80 bits per heavy atom. The number of H-pyrrole nitrogens is 1. The molecule has 2 heterocycles. The monoisotopic (exact) mass is 789 g/mol. The van der Waals surface area contributed by atoms with E-state index in [0.717, 1.165) is 25.7 Å². The van der Waals surface area contributed by atoms with Gasteiger partial charge in [0.15, 0.2) is 0 Å². The first-order chi connectivity index (χ1) is 24.3. The van der Waals surface area contributed by atoms with Crippen LogP contribution in [0.3, 0.4) is 0 Å². The highest BCUT2D eigenvalue weighted by Crippen LogP contribution is 2.69. The third-order valence-corrected chi connectivity index (χ3v) is 13.2. The maximum absolute atomic E-state index is 13.3. The summed E-state index contributed by atoms with van der Waals surface area (Å²) < 4.78 is 69.8. The summed E-state index contributed by atoms with van der Waals surface area (Å²) in [6, 6.07) is 0. The highest BCUT2D eigenvalue weighted by Gasteiger charge is 2.44. The van der Waals surface area contributed by atoms with Gasteiger partial charge in [-0.05, 0) is 45.6 Å². The number of nitrogens with zero attached hydrogens (tertiary/aromatic N) is 1. The number of nitrogens with two attached hydrogens (primary N) is 1. The maximum atomic E-state index is 13.3. The molecular weight excluding hydrogens is 727 g/mol. The number of hydrogen-bond acceptors (Lipinski definition) is 12. The number of hydrogen-bond donors (Lipinski definition) is 4. The van der Waals surface area contributed by atoms with E-state index in [4.69, 9.17) is 28.4 Å². The normalized spacial score (nSPS) is 19.9. The molecule has 1 saturated heterocycles. The average molecular weight is 790 g/mol. The number of phosphoric ester groups is 2. The third-order valence-electron chi connectivity index (χ3n) is 8.47. The molecule has 1 aliphatic rings. The minimum Gasteiger partial charge on any atom is -0.352 e. The second-order valence-electron chi connectivity index (χ2n) is 13.1. The van der Waals surface area contributed by atoms with Crippen molar-refractivity contribution in [2.75, 3.05) is 26.4 Å². The molecule has 0 saturated carbocycles. The predicted molar refractivity (Wildman–Crippen MR) is 194 cm³/mol. The van der Waals surface area contributed by atoms with Crippen LogP contribution in [0.15, 0.2) is 15.8 Å². The molecule has 1 aromatic rings. The molecule has 5 atom stereocenters. The minimum absolute atomic E-state index is 0.0992. The maximum Gasteiger partial charge on any atom is 0.490 e. The van der Waals surface area contributed by atoms with Gasteiger partial charge in [-0.1, -0.05) is 103 Å². The summed E-state index contributed by atoms with van der Waals surface area (Å²) in [6.07, 6.45) is 20.1. The molecule has 51 heavy (non-hydrogen) atoms. The average Bonchev–Trinajstić information content (AvgIpc) is 3.53. The van der Waals surface area contributed by atoms with Crippen LogP contribution in [-0.4, -0.2) is 51.8 Å². The molecule has 0 aliphatic carbocycles. The van der Waals surface area contributed by atoms with E-state index in [1.807, 2.05) is 0 Å². The SMILES string of the molecule is CCCCCCCCCCCCCCCCCCOP(=O)(OCCCCN)OP(=O)(O)OP(=O)(O)OC[C@@H]1CC[C@H](n2cc(C)c(=O)[nH]c2=O)O1. The van der Waals surface area contributed by atoms with E-state index >= 15 is 0 Å². The summed E-state index contributed by atoms with van der Waals surface area (Å²) in [6.45, 7) is 3.28.